The second-order valence-corrected chi connectivity index (χ2v) is 3.96. The van der Waals surface area contributed by atoms with Crippen molar-refractivity contribution in [2.45, 2.75) is 45.4 Å². The zero-order valence-corrected chi connectivity index (χ0v) is 7.81. The molecule has 1 nitrogen and oxygen atoms in total. The van der Waals surface area contributed by atoms with Crippen LogP contribution in [0.25, 0.3) is 0 Å². The maximum Gasteiger partial charge on any atom is 0.0768 e. The van der Waals surface area contributed by atoms with E-state index in [2.05, 4.69) is 12.7 Å². The molecule has 1 rings (SSSR count). The van der Waals surface area contributed by atoms with Gasteiger partial charge in [-0.1, -0.05) is 19.8 Å². The third-order valence-corrected chi connectivity index (χ3v) is 3.07. The van der Waals surface area contributed by atoms with Crippen LogP contribution in [0.4, 0.5) is 0 Å². The second kappa shape index (κ2) is 4.76. The van der Waals surface area contributed by atoms with Gasteiger partial charge in [0, 0.05) is 5.92 Å². The van der Waals surface area contributed by atoms with Crippen molar-refractivity contribution in [2.24, 2.45) is 11.8 Å². The second-order valence-electron chi connectivity index (χ2n) is 3.96. The van der Waals surface area contributed by atoms with Crippen LogP contribution in [0.15, 0.2) is 0 Å². The van der Waals surface area contributed by atoms with Gasteiger partial charge in [-0.15, -0.1) is 0 Å². The normalized spacial score (nSPS) is 32.2. The summed E-state index contributed by atoms with van der Waals surface area (Å²) in [6.07, 6.45) is 8.70. The summed E-state index contributed by atoms with van der Waals surface area (Å²) in [5, 5.41) is 0. The molecule has 1 heteroatoms. The van der Waals surface area contributed by atoms with Crippen molar-refractivity contribution in [3.63, 3.8) is 0 Å². The summed E-state index contributed by atoms with van der Waals surface area (Å²) in [6, 6.07) is 0. The molecule has 1 saturated carbocycles. The minimum Gasteiger partial charge on any atom is -0.357 e. The van der Waals surface area contributed by atoms with Gasteiger partial charge in [0.1, 0.15) is 0 Å². The molecule has 66 valence electrons. The molecular weight excluding hydrogens is 134 g/mol. The first-order valence-electron chi connectivity index (χ1n) is 5.16. The predicted molar refractivity (Wildman–Crippen MR) is 48.1 cm³/mol. The largest absolute Gasteiger partial charge is 0.357 e. The third kappa shape index (κ3) is 2.82. The van der Waals surface area contributed by atoms with E-state index in [1.165, 1.54) is 45.1 Å². The van der Waals surface area contributed by atoms with Crippen molar-refractivity contribution in [3.8, 4) is 0 Å². The van der Waals surface area contributed by atoms with Gasteiger partial charge in [0.05, 0.1) is 6.54 Å². The van der Waals surface area contributed by atoms with E-state index in [9.17, 15) is 0 Å². The van der Waals surface area contributed by atoms with Gasteiger partial charge in [0.2, 0.25) is 0 Å². The van der Waals surface area contributed by atoms with Crippen molar-refractivity contribution in [3.05, 3.63) is 0 Å². The van der Waals surface area contributed by atoms with E-state index in [1.807, 2.05) is 0 Å². The number of quaternary nitrogens is 1. The highest BCUT2D eigenvalue weighted by Gasteiger charge is 2.19. The molecule has 0 bridgehead atoms. The van der Waals surface area contributed by atoms with Gasteiger partial charge in [-0.25, -0.2) is 0 Å². The Morgan fingerprint density at radius 1 is 1.09 bits per heavy atom. The van der Waals surface area contributed by atoms with Crippen molar-refractivity contribution >= 4 is 0 Å². The van der Waals surface area contributed by atoms with Crippen LogP contribution < -0.4 is 5.73 Å². The molecule has 0 aromatic rings. The van der Waals surface area contributed by atoms with E-state index in [1.54, 1.807) is 0 Å². The van der Waals surface area contributed by atoms with Gasteiger partial charge in [0.15, 0.2) is 0 Å². The fourth-order valence-electron chi connectivity index (χ4n) is 2.22. The summed E-state index contributed by atoms with van der Waals surface area (Å²) in [7, 11) is 0. The highest BCUT2D eigenvalue weighted by molar-refractivity contribution is 4.71. The maximum atomic E-state index is 3.98. The zero-order chi connectivity index (χ0) is 8.10. The number of hydrogen-bond donors (Lipinski definition) is 1. The fraction of sp³-hybridized carbons (Fsp3) is 1.00. The van der Waals surface area contributed by atoms with E-state index in [0.29, 0.717) is 0 Å². The molecular formula is C10H22N+. The topological polar surface area (TPSA) is 27.6 Å². The van der Waals surface area contributed by atoms with Crippen molar-refractivity contribution < 1.29 is 5.73 Å². The molecule has 1 fully saturated rings. The highest BCUT2D eigenvalue weighted by Crippen LogP contribution is 2.30. The summed E-state index contributed by atoms with van der Waals surface area (Å²) in [5.74, 6) is 2.02. The summed E-state index contributed by atoms with van der Waals surface area (Å²) in [5.41, 5.74) is 3.98. The molecule has 0 spiro atoms. The highest BCUT2D eigenvalue weighted by atomic mass is 14.5. The molecule has 0 heterocycles. The first-order chi connectivity index (χ1) is 5.36. The molecule has 0 atom stereocenters. The van der Waals surface area contributed by atoms with E-state index >= 15 is 0 Å². The van der Waals surface area contributed by atoms with Crippen LogP contribution in [0.3, 0.4) is 0 Å². The Kier molecular flexibility index (Phi) is 3.92. The van der Waals surface area contributed by atoms with Crippen LogP contribution in [0.2, 0.25) is 0 Å². The van der Waals surface area contributed by atoms with Crippen molar-refractivity contribution in [1.29, 1.82) is 0 Å². The van der Waals surface area contributed by atoms with Crippen LogP contribution in [-0.4, -0.2) is 6.54 Å². The summed E-state index contributed by atoms with van der Waals surface area (Å²) >= 11 is 0. The van der Waals surface area contributed by atoms with Gasteiger partial charge in [0.25, 0.3) is 0 Å². The minimum atomic E-state index is 0.961. The first kappa shape index (κ1) is 9.05. The van der Waals surface area contributed by atoms with Crippen LogP contribution in [0.5, 0.6) is 0 Å². The zero-order valence-electron chi connectivity index (χ0n) is 7.81. The molecule has 0 saturated heterocycles. The molecule has 0 aromatic heterocycles. The Balaban J connectivity index is 2.14. The lowest BCUT2D eigenvalue weighted by Crippen LogP contribution is -2.54. The van der Waals surface area contributed by atoms with E-state index in [0.717, 1.165) is 11.8 Å². The smallest absolute Gasteiger partial charge is 0.0768 e. The van der Waals surface area contributed by atoms with E-state index in [-0.39, 0.29) is 0 Å². The van der Waals surface area contributed by atoms with Gasteiger partial charge in [-0.05, 0) is 31.6 Å². The van der Waals surface area contributed by atoms with E-state index < -0.39 is 0 Å². The Morgan fingerprint density at radius 3 is 2.09 bits per heavy atom. The van der Waals surface area contributed by atoms with Gasteiger partial charge in [-0.3, -0.25) is 0 Å². The monoisotopic (exact) mass is 156 g/mol. The Bertz CT molecular complexity index is 93.0. The van der Waals surface area contributed by atoms with Crippen LogP contribution in [0, 0.1) is 11.8 Å². The van der Waals surface area contributed by atoms with E-state index in [4.69, 9.17) is 0 Å². The minimum absolute atomic E-state index is 0.961. The van der Waals surface area contributed by atoms with Gasteiger partial charge >= 0.3 is 0 Å². The van der Waals surface area contributed by atoms with Crippen LogP contribution in [0.1, 0.15) is 45.4 Å². The molecule has 3 N–H and O–H groups in total. The molecule has 0 aliphatic heterocycles. The fourth-order valence-corrected chi connectivity index (χ4v) is 2.22. The Labute approximate surface area is 70.4 Å². The van der Waals surface area contributed by atoms with Crippen molar-refractivity contribution in [1.82, 2.24) is 0 Å². The standard InChI is InChI=1S/C10H21N/c1-2-3-9-4-6-10(8-11)7-5-9/h9-10H,2-8,11H2,1H3/p+1. The van der Waals surface area contributed by atoms with Crippen LogP contribution in [-0.2, 0) is 0 Å². The molecule has 0 radical (unpaired) electrons. The molecule has 0 aromatic carbocycles. The molecule has 1 aliphatic rings. The van der Waals surface area contributed by atoms with Crippen molar-refractivity contribution in [2.75, 3.05) is 6.54 Å². The van der Waals surface area contributed by atoms with Gasteiger partial charge in [-0.2, -0.15) is 0 Å². The summed E-state index contributed by atoms with van der Waals surface area (Å²) < 4.78 is 0. The summed E-state index contributed by atoms with van der Waals surface area (Å²) in [6.45, 7) is 3.46. The molecule has 1 aliphatic carbocycles. The molecule has 0 amide bonds. The molecule has 0 unspecified atom stereocenters. The lowest BCUT2D eigenvalue weighted by molar-refractivity contribution is -0.380. The molecule has 11 heavy (non-hydrogen) atoms. The summed E-state index contributed by atoms with van der Waals surface area (Å²) in [4.78, 5) is 0. The lowest BCUT2D eigenvalue weighted by atomic mass is 9.80. The third-order valence-electron chi connectivity index (χ3n) is 3.07. The number of rotatable bonds is 3. The maximum absolute atomic E-state index is 3.98. The predicted octanol–water partition coefficient (Wildman–Crippen LogP) is 1.83. The lowest BCUT2D eigenvalue weighted by Gasteiger charge is -2.26. The Morgan fingerprint density at radius 2 is 1.64 bits per heavy atom. The SMILES string of the molecule is CCCC1CCC(C[NH3+])CC1. The number of hydrogen-bond acceptors (Lipinski definition) is 0. The first-order valence-corrected chi connectivity index (χ1v) is 5.16. The van der Waals surface area contributed by atoms with Gasteiger partial charge < -0.3 is 5.73 Å². The van der Waals surface area contributed by atoms with Crippen LogP contribution >= 0.6 is 0 Å². The quantitative estimate of drug-likeness (QED) is 0.645. The Hall–Kier alpha value is -0.0400. The average molecular weight is 156 g/mol. The average Bonchev–Trinajstić information content (AvgIpc) is 2.07.